The van der Waals surface area contributed by atoms with Crippen molar-refractivity contribution >= 4 is 23.2 Å². The van der Waals surface area contributed by atoms with Crippen molar-refractivity contribution < 1.29 is 0 Å². The van der Waals surface area contributed by atoms with Gasteiger partial charge in [0.15, 0.2) is 0 Å². The smallest absolute Gasteiger partial charge is 0.101 e. The van der Waals surface area contributed by atoms with Crippen LogP contribution in [0.3, 0.4) is 0 Å². The molecule has 0 unspecified atom stereocenters. The quantitative estimate of drug-likeness (QED) is 0.882. The average molecular weight is 322 g/mol. The van der Waals surface area contributed by atoms with Gasteiger partial charge in [-0.15, -0.1) is 0 Å². The minimum atomic E-state index is -0.505. The summed E-state index contributed by atoms with van der Waals surface area (Å²) in [5, 5.41) is 10.3. The minimum absolute atomic E-state index is 0.448. The number of benzene rings is 1. The molecule has 0 spiro atoms. The molecule has 2 aromatic rings. The lowest BCUT2D eigenvalue weighted by Gasteiger charge is -2.28. The molecule has 0 amide bonds. The van der Waals surface area contributed by atoms with Crippen LogP contribution >= 0.6 is 23.2 Å². The van der Waals surface area contributed by atoms with Crippen LogP contribution in [0, 0.1) is 11.3 Å². The van der Waals surface area contributed by atoms with E-state index >= 15 is 0 Å². The van der Waals surface area contributed by atoms with Crippen molar-refractivity contribution in [1.29, 1.82) is 5.26 Å². The first kappa shape index (κ1) is 15.9. The summed E-state index contributed by atoms with van der Waals surface area (Å²) in [5.41, 5.74) is 7.92. The number of nitrogens with zero attached hydrogens (tertiary/aromatic N) is 2. The molecule has 0 bridgehead atoms. The summed E-state index contributed by atoms with van der Waals surface area (Å²) in [6, 6.07) is 7.60. The van der Waals surface area contributed by atoms with Gasteiger partial charge in [0.2, 0.25) is 0 Å². The molecule has 1 aromatic carbocycles. The summed E-state index contributed by atoms with van der Waals surface area (Å²) in [6.07, 6.45) is 5.19. The van der Waals surface area contributed by atoms with E-state index in [9.17, 15) is 5.26 Å². The number of hydrogen-bond donors (Lipinski definition) is 1. The summed E-state index contributed by atoms with van der Waals surface area (Å²) < 4.78 is 1.90. The van der Waals surface area contributed by atoms with Gasteiger partial charge in [-0.25, -0.2) is 0 Å². The normalized spacial score (nSPS) is 11.4. The molecule has 110 valence electrons. The number of hydrogen-bond acceptors (Lipinski definition) is 2. The zero-order valence-corrected chi connectivity index (χ0v) is 13.5. The highest BCUT2D eigenvalue weighted by Gasteiger charge is 2.24. The highest BCUT2D eigenvalue weighted by molar-refractivity contribution is 6.43. The maximum absolute atomic E-state index is 9.38. The second kappa shape index (κ2) is 6.11. The van der Waals surface area contributed by atoms with Gasteiger partial charge < -0.3 is 10.3 Å². The third kappa shape index (κ3) is 2.80. The van der Waals surface area contributed by atoms with Gasteiger partial charge in [-0.3, -0.25) is 0 Å². The van der Waals surface area contributed by atoms with Crippen molar-refractivity contribution in [3.63, 3.8) is 0 Å². The number of aromatic nitrogens is 1. The van der Waals surface area contributed by atoms with E-state index < -0.39 is 5.66 Å². The van der Waals surface area contributed by atoms with Crippen LogP contribution < -0.4 is 5.73 Å². The average Bonchev–Trinajstić information content (AvgIpc) is 2.93. The molecule has 0 saturated carbocycles. The fraction of sp³-hybridized carbons (Fsp3) is 0.312. The van der Waals surface area contributed by atoms with Crippen LogP contribution in [0.2, 0.25) is 10.0 Å². The fourth-order valence-corrected chi connectivity index (χ4v) is 2.74. The Morgan fingerprint density at radius 1 is 1.19 bits per heavy atom. The summed E-state index contributed by atoms with van der Waals surface area (Å²) in [4.78, 5) is 0. The number of nitrogens with two attached hydrogens (primary N) is 1. The Balaban J connectivity index is 2.63. The highest BCUT2D eigenvalue weighted by atomic mass is 35.5. The first-order valence-corrected chi connectivity index (χ1v) is 7.58. The molecule has 1 heterocycles. The summed E-state index contributed by atoms with van der Waals surface area (Å²) in [5.74, 6) is 0. The van der Waals surface area contributed by atoms with Crippen LogP contribution in [0.25, 0.3) is 11.1 Å². The van der Waals surface area contributed by atoms with E-state index in [1.54, 1.807) is 12.3 Å². The molecule has 0 aliphatic carbocycles. The SMILES string of the molecule is CCC(N)(CC)n1cc(C#N)c(-c2cccc(Cl)c2Cl)c1. The van der Waals surface area contributed by atoms with E-state index in [1.165, 1.54) is 0 Å². The number of nitriles is 1. The standard InChI is InChI=1S/C16H17Cl2N3/c1-3-16(20,4-2)21-9-11(8-19)13(10-21)12-6-5-7-14(17)15(12)18/h5-7,9-10H,3-4,20H2,1-2H3. The molecular weight excluding hydrogens is 305 g/mol. The molecule has 0 radical (unpaired) electrons. The van der Waals surface area contributed by atoms with E-state index in [2.05, 4.69) is 6.07 Å². The molecule has 0 saturated heterocycles. The molecule has 0 aliphatic heterocycles. The lowest BCUT2D eigenvalue weighted by atomic mass is 10.0. The highest BCUT2D eigenvalue weighted by Crippen LogP contribution is 2.36. The van der Waals surface area contributed by atoms with Crippen molar-refractivity contribution in [2.75, 3.05) is 0 Å². The van der Waals surface area contributed by atoms with Gasteiger partial charge in [-0.05, 0) is 18.9 Å². The number of rotatable bonds is 4. The van der Waals surface area contributed by atoms with Crippen molar-refractivity contribution in [1.82, 2.24) is 4.57 Å². The Bertz CT molecular complexity index is 694. The Hall–Kier alpha value is -1.47. The van der Waals surface area contributed by atoms with Crippen LogP contribution in [0.1, 0.15) is 32.3 Å². The van der Waals surface area contributed by atoms with Gasteiger partial charge in [-0.1, -0.05) is 49.2 Å². The summed E-state index contributed by atoms with van der Waals surface area (Å²) >= 11 is 12.3. The minimum Gasteiger partial charge on any atom is -0.334 e. The first-order valence-electron chi connectivity index (χ1n) is 6.82. The van der Waals surface area contributed by atoms with Crippen molar-refractivity contribution in [2.24, 2.45) is 5.73 Å². The number of halogens is 2. The molecule has 2 N–H and O–H groups in total. The van der Waals surface area contributed by atoms with Gasteiger partial charge in [0, 0.05) is 23.5 Å². The van der Waals surface area contributed by atoms with Crippen LogP contribution in [-0.4, -0.2) is 4.57 Å². The van der Waals surface area contributed by atoms with Crippen LogP contribution in [-0.2, 0) is 5.66 Å². The van der Waals surface area contributed by atoms with Crippen molar-refractivity contribution in [3.8, 4) is 17.2 Å². The van der Waals surface area contributed by atoms with Gasteiger partial charge in [0.25, 0.3) is 0 Å². The van der Waals surface area contributed by atoms with Crippen molar-refractivity contribution in [3.05, 3.63) is 46.2 Å². The van der Waals surface area contributed by atoms with E-state index in [0.717, 1.165) is 24.0 Å². The third-order valence-corrected chi connectivity index (χ3v) is 4.75. The predicted octanol–water partition coefficient (Wildman–Crippen LogP) is 4.77. The predicted molar refractivity (Wildman–Crippen MR) is 87.3 cm³/mol. The second-order valence-corrected chi connectivity index (χ2v) is 5.80. The zero-order valence-electron chi connectivity index (χ0n) is 12.0. The zero-order chi connectivity index (χ0) is 15.6. The maximum Gasteiger partial charge on any atom is 0.101 e. The van der Waals surface area contributed by atoms with Gasteiger partial charge in [0.05, 0.1) is 21.3 Å². The Morgan fingerprint density at radius 2 is 1.86 bits per heavy atom. The first-order chi connectivity index (χ1) is 9.96. The molecule has 3 nitrogen and oxygen atoms in total. The van der Waals surface area contributed by atoms with E-state index in [0.29, 0.717) is 15.6 Å². The second-order valence-electron chi connectivity index (χ2n) is 5.02. The van der Waals surface area contributed by atoms with E-state index in [1.807, 2.05) is 36.7 Å². The Morgan fingerprint density at radius 3 is 2.43 bits per heavy atom. The van der Waals surface area contributed by atoms with Gasteiger partial charge >= 0.3 is 0 Å². The molecule has 2 rings (SSSR count). The van der Waals surface area contributed by atoms with Gasteiger partial charge in [-0.2, -0.15) is 5.26 Å². The van der Waals surface area contributed by atoms with Crippen molar-refractivity contribution in [2.45, 2.75) is 32.4 Å². The van der Waals surface area contributed by atoms with Crippen LogP contribution in [0.15, 0.2) is 30.6 Å². The largest absolute Gasteiger partial charge is 0.334 e. The Labute approximate surface area is 134 Å². The lowest BCUT2D eigenvalue weighted by Crippen LogP contribution is -2.40. The van der Waals surface area contributed by atoms with Crippen LogP contribution in [0.5, 0.6) is 0 Å². The monoisotopic (exact) mass is 321 g/mol. The molecule has 1 aromatic heterocycles. The van der Waals surface area contributed by atoms with E-state index in [-0.39, 0.29) is 0 Å². The maximum atomic E-state index is 9.38. The molecule has 21 heavy (non-hydrogen) atoms. The Kier molecular flexibility index (Phi) is 4.63. The van der Waals surface area contributed by atoms with E-state index in [4.69, 9.17) is 28.9 Å². The molecule has 0 aliphatic rings. The van der Waals surface area contributed by atoms with Gasteiger partial charge in [0.1, 0.15) is 6.07 Å². The molecule has 5 heteroatoms. The topological polar surface area (TPSA) is 54.7 Å². The molecule has 0 atom stereocenters. The summed E-state index contributed by atoms with van der Waals surface area (Å²) in [7, 11) is 0. The lowest BCUT2D eigenvalue weighted by molar-refractivity contribution is 0.273. The third-order valence-electron chi connectivity index (χ3n) is 3.93. The molecule has 0 fully saturated rings. The summed E-state index contributed by atoms with van der Waals surface area (Å²) in [6.45, 7) is 4.06. The fourth-order valence-electron chi connectivity index (χ4n) is 2.34. The van der Waals surface area contributed by atoms with Crippen LogP contribution in [0.4, 0.5) is 0 Å². The molecular formula is C16H17Cl2N3.